The second kappa shape index (κ2) is 8.44. The number of aromatic nitrogens is 1. The van der Waals surface area contributed by atoms with Gasteiger partial charge in [0.2, 0.25) is 5.91 Å². The predicted octanol–water partition coefficient (Wildman–Crippen LogP) is 3.66. The van der Waals surface area contributed by atoms with Crippen molar-refractivity contribution in [2.45, 2.75) is 18.9 Å². The van der Waals surface area contributed by atoms with E-state index in [0.717, 1.165) is 23.8 Å². The maximum atomic E-state index is 11.9. The van der Waals surface area contributed by atoms with Crippen LogP contribution in [0.15, 0.2) is 53.7 Å². The van der Waals surface area contributed by atoms with Crippen molar-refractivity contribution >= 4 is 29.0 Å². The minimum Gasteiger partial charge on any atom is -0.372 e. The molecule has 0 atom stereocenters. The van der Waals surface area contributed by atoms with Gasteiger partial charge in [0.25, 0.3) is 0 Å². The first-order chi connectivity index (χ1) is 10.7. The molecule has 4 nitrogen and oxygen atoms in total. The molecular weight excluding hydrogens is 294 g/mol. The Balaban J connectivity index is 1.86. The van der Waals surface area contributed by atoms with Crippen molar-refractivity contribution in [3.63, 3.8) is 0 Å². The van der Waals surface area contributed by atoms with Crippen molar-refractivity contribution in [1.29, 1.82) is 0 Å². The lowest BCUT2D eigenvalue weighted by Crippen LogP contribution is -2.21. The molecule has 0 aliphatic carbocycles. The van der Waals surface area contributed by atoms with Crippen LogP contribution < -0.4 is 10.2 Å². The highest BCUT2D eigenvalue weighted by Gasteiger charge is 2.05. The normalized spacial score (nSPS) is 10.3. The van der Waals surface area contributed by atoms with Crippen LogP contribution >= 0.6 is 11.8 Å². The molecule has 5 heteroatoms. The largest absolute Gasteiger partial charge is 0.372 e. The van der Waals surface area contributed by atoms with Crippen LogP contribution in [0.4, 0.5) is 11.4 Å². The van der Waals surface area contributed by atoms with E-state index >= 15 is 0 Å². The monoisotopic (exact) mass is 315 g/mol. The van der Waals surface area contributed by atoms with Gasteiger partial charge in [0.15, 0.2) is 0 Å². The van der Waals surface area contributed by atoms with E-state index < -0.39 is 0 Å². The van der Waals surface area contributed by atoms with Gasteiger partial charge in [-0.1, -0.05) is 17.8 Å². The lowest BCUT2D eigenvalue weighted by atomic mass is 10.2. The zero-order valence-electron chi connectivity index (χ0n) is 13.0. The van der Waals surface area contributed by atoms with Gasteiger partial charge < -0.3 is 10.2 Å². The predicted molar refractivity (Wildman–Crippen MR) is 93.6 cm³/mol. The van der Waals surface area contributed by atoms with E-state index in [-0.39, 0.29) is 5.91 Å². The third kappa shape index (κ3) is 4.77. The molecule has 22 heavy (non-hydrogen) atoms. The summed E-state index contributed by atoms with van der Waals surface area (Å²) in [5.41, 5.74) is 1.99. The molecule has 116 valence electrons. The lowest BCUT2D eigenvalue weighted by molar-refractivity contribution is -0.113. The van der Waals surface area contributed by atoms with Crippen molar-refractivity contribution in [1.82, 2.24) is 4.98 Å². The summed E-state index contributed by atoms with van der Waals surface area (Å²) in [5.74, 6) is 0.334. The first-order valence-corrected chi connectivity index (χ1v) is 8.40. The van der Waals surface area contributed by atoms with Gasteiger partial charge in [-0.2, -0.15) is 0 Å². The third-order valence-electron chi connectivity index (χ3n) is 3.27. The SMILES string of the molecule is CCN(CC)c1ccc(NC(=O)CSc2ccccn2)cc1. The second-order valence-electron chi connectivity index (χ2n) is 4.72. The molecule has 1 aromatic carbocycles. The molecule has 0 saturated carbocycles. The summed E-state index contributed by atoms with van der Waals surface area (Å²) in [6, 6.07) is 13.6. The van der Waals surface area contributed by atoms with Gasteiger partial charge in [-0.3, -0.25) is 4.79 Å². The highest BCUT2D eigenvalue weighted by Crippen LogP contribution is 2.19. The number of hydrogen-bond acceptors (Lipinski definition) is 4. The molecule has 2 aromatic rings. The number of anilines is 2. The third-order valence-corrected chi connectivity index (χ3v) is 4.21. The van der Waals surface area contributed by atoms with Gasteiger partial charge >= 0.3 is 0 Å². The van der Waals surface area contributed by atoms with Crippen LogP contribution in [0.25, 0.3) is 0 Å². The minimum atomic E-state index is -0.0220. The van der Waals surface area contributed by atoms with Crippen molar-refractivity contribution in [3.8, 4) is 0 Å². The van der Waals surface area contributed by atoms with E-state index in [9.17, 15) is 4.79 Å². The van der Waals surface area contributed by atoms with Crippen molar-refractivity contribution in [3.05, 3.63) is 48.7 Å². The zero-order valence-corrected chi connectivity index (χ0v) is 13.8. The first kappa shape index (κ1) is 16.4. The standard InChI is InChI=1S/C17H21N3OS/c1-3-20(4-2)15-10-8-14(9-11-15)19-16(21)13-22-17-7-5-6-12-18-17/h5-12H,3-4,13H2,1-2H3,(H,19,21). The number of rotatable bonds is 7. The molecule has 0 radical (unpaired) electrons. The van der Waals surface area contributed by atoms with Gasteiger partial charge in [0.1, 0.15) is 0 Å². The molecule has 2 rings (SSSR count). The molecular formula is C17H21N3OS. The number of carbonyl (C=O) groups excluding carboxylic acids is 1. The number of carbonyl (C=O) groups is 1. The molecule has 1 heterocycles. The van der Waals surface area contributed by atoms with Crippen LogP contribution in [-0.2, 0) is 4.79 Å². The second-order valence-corrected chi connectivity index (χ2v) is 5.72. The number of nitrogens with one attached hydrogen (secondary N) is 1. The minimum absolute atomic E-state index is 0.0220. The van der Waals surface area contributed by atoms with E-state index in [4.69, 9.17) is 0 Å². The molecule has 1 N–H and O–H groups in total. The lowest BCUT2D eigenvalue weighted by Gasteiger charge is -2.21. The number of amides is 1. The molecule has 0 aliphatic heterocycles. The molecule has 0 unspecified atom stereocenters. The Morgan fingerprint density at radius 1 is 1.14 bits per heavy atom. The summed E-state index contributed by atoms with van der Waals surface area (Å²) in [6.45, 7) is 6.22. The fraction of sp³-hybridized carbons (Fsp3) is 0.294. The Bertz CT molecular complexity index is 583. The molecule has 1 aromatic heterocycles. The Morgan fingerprint density at radius 2 is 1.86 bits per heavy atom. The number of hydrogen-bond donors (Lipinski definition) is 1. The molecule has 0 bridgehead atoms. The summed E-state index contributed by atoms with van der Waals surface area (Å²) < 4.78 is 0. The van der Waals surface area contributed by atoms with Gasteiger partial charge in [-0.05, 0) is 50.2 Å². The highest BCUT2D eigenvalue weighted by molar-refractivity contribution is 7.99. The van der Waals surface area contributed by atoms with Crippen LogP contribution in [0.3, 0.4) is 0 Å². The fourth-order valence-corrected chi connectivity index (χ4v) is 2.77. The topological polar surface area (TPSA) is 45.2 Å². The van der Waals surface area contributed by atoms with E-state index in [1.807, 2.05) is 42.5 Å². The Hall–Kier alpha value is -2.01. The maximum absolute atomic E-state index is 11.9. The quantitative estimate of drug-likeness (QED) is 0.792. The molecule has 0 spiro atoms. The van der Waals surface area contributed by atoms with Crippen LogP contribution in [-0.4, -0.2) is 29.7 Å². The summed E-state index contributed by atoms with van der Waals surface area (Å²) in [7, 11) is 0. The van der Waals surface area contributed by atoms with Crippen molar-refractivity contribution in [2.24, 2.45) is 0 Å². The fourth-order valence-electron chi connectivity index (χ4n) is 2.11. The Morgan fingerprint density at radius 3 is 2.45 bits per heavy atom. The molecule has 0 saturated heterocycles. The maximum Gasteiger partial charge on any atom is 0.234 e. The summed E-state index contributed by atoms with van der Waals surface area (Å²) in [4.78, 5) is 18.4. The Kier molecular flexibility index (Phi) is 6.27. The van der Waals surface area contributed by atoms with Gasteiger partial charge in [0, 0.05) is 30.7 Å². The van der Waals surface area contributed by atoms with E-state index in [2.05, 4.69) is 29.0 Å². The molecule has 1 amide bonds. The van der Waals surface area contributed by atoms with Gasteiger partial charge in [-0.15, -0.1) is 0 Å². The summed E-state index contributed by atoms with van der Waals surface area (Å²) >= 11 is 1.43. The molecule has 0 fully saturated rings. The Labute approximate surface area is 135 Å². The van der Waals surface area contributed by atoms with Crippen molar-refractivity contribution < 1.29 is 4.79 Å². The number of nitrogens with zero attached hydrogens (tertiary/aromatic N) is 2. The van der Waals surface area contributed by atoms with E-state index in [0.29, 0.717) is 5.75 Å². The van der Waals surface area contributed by atoms with Gasteiger partial charge in [0.05, 0.1) is 10.8 Å². The smallest absolute Gasteiger partial charge is 0.234 e. The van der Waals surface area contributed by atoms with Crippen LogP contribution in [0.5, 0.6) is 0 Å². The number of pyridine rings is 1. The van der Waals surface area contributed by atoms with E-state index in [1.54, 1.807) is 6.20 Å². The highest BCUT2D eigenvalue weighted by atomic mass is 32.2. The number of thioether (sulfide) groups is 1. The average Bonchev–Trinajstić information content (AvgIpc) is 2.56. The first-order valence-electron chi connectivity index (χ1n) is 7.41. The average molecular weight is 315 g/mol. The van der Waals surface area contributed by atoms with Gasteiger partial charge in [-0.25, -0.2) is 4.98 Å². The zero-order chi connectivity index (χ0) is 15.8. The van der Waals surface area contributed by atoms with Crippen LogP contribution in [0, 0.1) is 0 Å². The summed E-state index contributed by atoms with van der Waals surface area (Å²) in [5, 5.41) is 3.76. The van der Waals surface area contributed by atoms with Crippen molar-refractivity contribution in [2.75, 3.05) is 29.1 Å². The van der Waals surface area contributed by atoms with Crippen LogP contribution in [0.2, 0.25) is 0 Å². The number of benzene rings is 1. The van der Waals surface area contributed by atoms with Crippen LogP contribution in [0.1, 0.15) is 13.8 Å². The van der Waals surface area contributed by atoms with E-state index in [1.165, 1.54) is 17.4 Å². The molecule has 0 aliphatic rings. The summed E-state index contributed by atoms with van der Waals surface area (Å²) in [6.07, 6.45) is 1.73.